The van der Waals surface area contributed by atoms with Gasteiger partial charge in [-0.25, -0.2) is 4.79 Å². The van der Waals surface area contributed by atoms with Crippen LogP contribution in [0.1, 0.15) is 58.3 Å². The molecule has 0 saturated heterocycles. The van der Waals surface area contributed by atoms with Gasteiger partial charge < -0.3 is 10.1 Å². The van der Waals surface area contributed by atoms with E-state index in [-0.39, 0.29) is 6.04 Å². The third kappa shape index (κ3) is 2.87. The van der Waals surface area contributed by atoms with Gasteiger partial charge in [-0.05, 0) is 55.4 Å². The number of methoxy groups -OCH3 is 1. The SMILES string of the molecule is COC(=O)c1cc(Cl)c([C@@H]2Nc3ccc(C)cc3[C@@H]3CCC[C@@H]32)c(Cl)c1. The summed E-state index contributed by atoms with van der Waals surface area (Å²) < 4.78 is 4.79. The molecule has 4 rings (SSSR count). The number of carbonyl (C=O) groups is 1. The number of anilines is 1. The summed E-state index contributed by atoms with van der Waals surface area (Å²) in [6, 6.07) is 9.93. The lowest BCUT2D eigenvalue weighted by atomic mass is 9.77. The molecule has 0 amide bonds. The van der Waals surface area contributed by atoms with Gasteiger partial charge in [0.15, 0.2) is 0 Å². The van der Waals surface area contributed by atoms with Gasteiger partial charge in [0.25, 0.3) is 0 Å². The van der Waals surface area contributed by atoms with E-state index in [4.69, 9.17) is 27.9 Å². The molecule has 0 unspecified atom stereocenters. The maximum Gasteiger partial charge on any atom is 0.337 e. The van der Waals surface area contributed by atoms with Gasteiger partial charge in [-0.1, -0.05) is 47.3 Å². The van der Waals surface area contributed by atoms with Crippen LogP contribution in [0.4, 0.5) is 5.69 Å². The maximum absolute atomic E-state index is 11.8. The molecule has 1 fully saturated rings. The Morgan fingerprint density at radius 2 is 1.88 bits per heavy atom. The number of fused-ring (bicyclic) bond motifs is 3. The van der Waals surface area contributed by atoms with Crippen LogP contribution in [0, 0.1) is 12.8 Å². The molecule has 2 aromatic rings. The minimum absolute atomic E-state index is 0.0457. The second-order valence-corrected chi connectivity index (χ2v) is 8.07. The molecule has 1 aliphatic carbocycles. The molecular weight excluding hydrogens is 369 g/mol. The van der Waals surface area contributed by atoms with Crippen LogP contribution in [-0.4, -0.2) is 13.1 Å². The van der Waals surface area contributed by atoms with Crippen molar-refractivity contribution in [1.29, 1.82) is 0 Å². The number of hydrogen-bond acceptors (Lipinski definition) is 3. The van der Waals surface area contributed by atoms with Gasteiger partial charge in [0, 0.05) is 21.3 Å². The van der Waals surface area contributed by atoms with Gasteiger partial charge >= 0.3 is 5.97 Å². The molecular formula is C21H21Cl2NO2. The van der Waals surface area contributed by atoms with Crippen LogP contribution in [0.25, 0.3) is 0 Å². The van der Waals surface area contributed by atoms with Gasteiger partial charge in [0.2, 0.25) is 0 Å². The van der Waals surface area contributed by atoms with E-state index >= 15 is 0 Å². The van der Waals surface area contributed by atoms with Crippen LogP contribution in [0.5, 0.6) is 0 Å². The first kappa shape index (κ1) is 17.7. The number of carbonyl (C=O) groups excluding carboxylic acids is 1. The Morgan fingerprint density at radius 1 is 1.15 bits per heavy atom. The highest BCUT2D eigenvalue weighted by molar-refractivity contribution is 6.36. The second kappa shape index (κ2) is 6.79. The number of nitrogens with one attached hydrogen (secondary N) is 1. The average Bonchev–Trinajstić information content (AvgIpc) is 3.11. The fraction of sp³-hybridized carbons (Fsp3) is 0.381. The van der Waals surface area contributed by atoms with E-state index in [2.05, 4.69) is 30.4 Å². The van der Waals surface area contributed by atoms with E-state index in [0.717, 1.165) is 17.7 Å². The standard InChI is InChI=1S/C21H21Cl2NO2/c1-11-6-7-18-15(8-11)13-4-3-5-14(13)20(24-18)19-16(22)9-12(10-17(19)23)21(25)26-2/h6-10,13-14,20,24H,3-5H2,1-2H3/t13-,14+,20-/m1/s1. The van der Waals surface area contributed by atoms with Crippen molar-refractivity contribution in [1.82, 2.24) is 0 Å². The summed E-state index contributed by atoms with van der Waals surface area (Å²) in [6.07, 6.45) is 3.53. The molecule has 0 radical (unpaired) electrons. The van der Waals surface area contributed by atoms with Gasteiger partial charge in [-0.15, -0.1) is 0 Å². The number of aryl methyl sites for hydroxylation is 1. The molecule has 1 heterocycles. The second-order valence-electron chi connectivity index (χ2n) is 7.26. The molecule has 0 bridgehead atoms. The summed E-state index contributed by atoms with van der Waals surface area (Å²) >= 11 is 13.2. The predicted molar refractivity (Wildman–Crippen MR) is 105 cm³/mol. The minimum atomic E-state index is -0.434. The number of rotatable bonds is 2. The molecule has 3 nitrogen and oxygen atoms in total. The lowest BCUT2D eigenvalue weighted by Crippen LogP contribution is -2.29. The van der Waals surface area contributed by atoms with Crippen molar-refractivity contribution >= 4 is 34.9 Å². The lowest BCUT2D eigenvalue weighted by Gasteiger charge is -2.38. The number of benzene rings is 2. The van der Waals surface area contributed by atoms with Crippen molar-refractivity contribution < 1.29 is 9.53 Å². The van der Waals surface area contributed by atoms with E-state index in [9.17, 15) is 4.79 Å². The van der Waals surface area contributed by atoms with Crippen LogP contribution in [-0.2, 0) is 4.74 Å². The van der Waals surface area contributed by atoms with Crippen molar-refractivity contribution in [2.24, 2.45) is 5.92 Å². The molecule has 0 spiro atoms. The Kier molecular flexibility index (Phi) is 4.62. The molecule has 26 heavy (non-hydrogen) atoms. The number of hydrogen-bond donors (Lipinski definition) is 1. The Labute approximate surface area is 163 Å². The van der Waals surface area contributed by atoms with Gasteiger partial charge in [-0.3, -0.25) is 0 Å². The van der Waals surface area contributed by atoms with Crippen LogP contribution in [0.2, 0.25) is 10.0 Å². The molecule has 2 aliphatic rings. The zero-order valence-corrected chi connectivity index (χ0v) is 16.3. The topological polar surface area (TPSA) is 38.3 Å². The zero-order valence-electron chi connectivity index (χ0n) is 14.8. The summed E-state index contributed by atoms with van der Waals surface area (Å²) in [6.45, 7) is 2.13. The van der Waals surface area contributed by atoms with Crippen molar-refractivity contribution in [3.63, 3.8) is 0 Å². The van der Waals surface area contributed by atoms with Crippen molar-refractivity contribution in [3.05, 3.63) is 62.6 Å². The Balaban J connectivity index is 1.79. The van der Waals surface area contributed by atoms with Crippen LogP contribution >= 0.6 is 23.2 Å². The van der Waals surface area contributed by atoms with Crippen LogP contribution < -0.4 is 5.32 Å². The monoisotopic (exact) mass is 389 g/mol. The molecule has 1 N–H and O–H groups in total. The predicted octanol–water partition coefficient (Wildman–Crippen LogP) is 6.14. The Morgan fingerprint density at radius 3 is 2.58 bits per heavy atom. The van der Waals surface area contributed by atoms with E-state index in [1.54, 1.807) is 12.1 Å². The molecule has 2 aromatic carbocycles. The highest BCUT2D eigenvalue weighted by atomic mass is 35.5. The quantitative estimate of drug-likeness (QED) is 0.626. The number of esters is 1. The number of halogens is 2. The van der Waals surface area contributed by atoms with Gasteiger partial charge in [0.05, 0.1) is 18.7 Å². The first-order valence-corrected chi connectivity index (χ1v) is 9.69. The average molecular weight is 390 g/mol. The van der Waals surface area contributed by atoms with Crippen LogP contribution in [0.15, 0.2) is 30.3 Å². The van der Waals surface area contributed by atoms with Crippen molar-refractivity contribution in [3.8, 4) is 0 Å². The van der Waals surface area contributed by atoms with Crippen LogP contribution in [0.3, 0.4) is 0 Å². The van der Waals surface area contributed by atoms with Crippen molar-refractivity contribution in [2.45, 2.75) is 38.1 Å². The highest BCUT2D eigenvalue weighted by Gasteiger charge is 2.41. The normalized spacial score (nSPS) is 23.8. The zero-order chi connectivity index (χ0) is 18.4. The third-order valence-corrected chi connectivity index (χ3v) is 6.35. The largest absolute Gasteiger partial charge is 0.465 e. The highest BCUT2D eigenvalue weighted by Crippen LogP contribution is 2.54. The Hall–Kier alpha value is -1.71. The molecule has 3 atom stereocenters. The molecule has 5 heteroatoms. The fourth-order valence-electron chi connectivity index (χ4n) is 4.57. The summed E-state index contributed by atoms with van der Waals surface area (Å²) in [5.74, 6) is 0.531. The molecule has 0 aromatic heterocycles. The molecule has 1 aliphatic heterocycles. The first-order valence-electron chi connectivity index (χ1n) is 8.94. The number of ether oxygens (including phenoxy) is 1. The van der Waals surface area contributed by atoms with E-state index < -0.39 is 5.97 Å². The van der Waals surface area contributed by atoms with E-state index in [1.165, 1.54) is 31.1 Å². The van der Waals surface area contributed by atoms with E-state index in [1.807, 2.05) is 0 Å². The minimum Gasteiger partial charge on any atom is -0.465 e. The maximum atomic E-state index is 11.8. The summed E-state index contributed by atoms with van der Waals surface area (Å²) in [5, 5.41) is 4.69. The summed E-state index contributed by atoms with van der Waals surface area (Å²) in [5.41, 5.74) is 5.11. The third-order valence-electron chi connectivity index (χ3n) is 5.73. The molecule has 136 valence electrons. The van der Waals surface area contributed by atoms with E-state index in [0.29, 0.717) is 27.4 Å². The fourth-order valence-corrected chi connectivity index (χ4v) is 5.29. The summed E-state index contributed by atoms with van der Waals surface area (Å²) in [7, 11) is 1.35. The smallest absolute Gasteiger partial charge is 0.337 e. The van der Waals surface area contributed by atoms with Crippen molar-refractivity contribution in [2.75, 3.05) is 12.4 Å². The van der Waals surface area contributed by atoms with Gasteiger partial charge in [-0.2, -0.15) is 0 Å². The molecule has 1 saturated carbocycles. The summed E-state index contributed by atoms with van der Waals surface area (Å²) in [4.78, 5) is 11.8. The first-order chi connectivity index (χ1) is 12.5. The van der Waals surface area contributed by atoms with Gasteiger partial charge in [0.1, 0.15) is 0 Å². The lowest BCUT2D eigenvalue weighted by molar-refractivity contribution is 0.0600. The Bertz CT molecular complexity index is 857.